The topological polar surface area (TPSA) is 32.8 Å². The standard InChI is InChI=1S/C23H29BrN2O2/c1-3-25(4-2)15-14-22(18-10-6-5-7-11-18)26-17-20(28-23(26)27)16-19-12-8-9-13-21(19)24/h5-13,20,22H,3-4,14-17H2,1-2H3. The molecule has 0 bridgehead atoms. The van der Waals surface area contributed by atoms with Crippen molar-refractivity contribution in [3.8, 4) is 0 Å². The summed E-state index contributed by atoms with van der Waals surface area (Å²) >= 11 is 3.60. The Morgan fingerprint density at radius 2 is 1.79 bits per heavy atom. The zero-order valence-electron chi connectivity index (χ0n) is 16.7. The molecule has 3 rings (SSSR count). The molecule has 4 nitrogen and oxygen atoms in total. The van der Waals surface area contributed by atoms with E-state index in [1.54, 1.807) is 0 Å². The van der Waals surface area contributed by atoms with E-state index in [0.717, 1.165) is 36.9 Å². The van der Waals surface area contributed by atoms with E-state index in [1.165, 1.54) is 11.1 Å². The van der Waals surface area contributed by atoms with Gasteiger partial charge in [-0.05, 0) is 36.7 Å². The lowest BCUT2D eigenvalue weighted by Crippen LogP contribution is -2.34. The van der Waals surface area contributed by atoms with Crippen LogP contribution in [0.3, 0.4) is 0 Å². The van der Waals surface area contributed by atoms with Gasteiger partial charge in [0.05, 0.1) is 12.6 Å². The van der Waals surface area contributed by atoms with Crippen LogP contribution in [-0.2, 0) is 11.2 Å². The smallest absolute Gasteiger partial charge is 0.410 e. The number of ether oxygens (including phenoxy) is 1. The zero-order chi connectivity index (χ0) is 19.9. The lowest BCUT2D eigenvalue weighted by Gasteiger charge is -2.29. The molecule has 0 spiro atoms. The minimum Gasteiger partial charge on any atom is -0.444 e. The van der Waals surface area contributed by atoms with Gasteiger partial charge in [0, 0.05) is 17.4 Å². The van der Waals surface area contributed by atoms with Crippen molar-refractivity contribution in [3.05, 3.63) is 70.2 Å². The van der Waals surface area contributed by atoms with E-state index in [9.17, 15) is 4.79 Å². The molecule has 1 heterocycles. The van der Waals surface area contributed by atoms with E-state index in [2.05, 4.69) is 52.9 Å². The second-order valence-electron chi connectivity index (χ2n) is 7.20. The summed E-state index contributed by atoms with van der Waals surface area (Å²) in [4.78, 5) is 17.1. The molecule has 2 aromatic carbocycles. The maximum atomic E-state index is 12.7. The van der Waals surface area contributed by atoms with Gasteiger partial charge in [0.1, 0.15) is 6.10 Å². The van der Waals surface area contributed by atoms with Gasteiger partial charge in [0.15, 0.2) is 0 Å². The van der Waals surface area contributed by atoms with Gasteiger partial charge in [0.2, 0.25) is 0 Å². The molecular formula is C23H29BrN2O2. The average Bonchev–Trinajstić information content (AvgIpc) is 3.08. The third-order valence-corrected chi connectivity index (χ3v) is 6.26. The lowest BCUT2D eigenvalue weighted by molar-refractivity contribution is 0.125. The second-order valence-corrected chi connectivity index (χ2v) is 8.05. The highest BCUT2D eigenvalue weighted by Crippen LogP contribution is 2.31. The monoisotopic (exact) mass is 444 g/mol. The third-order valence-electron chi connectivity index (χ3n) is 5.48. The normalized spacial score (nSPS) is 17.8. The zero-order valence-corrected chi connectivity index (χ0v) is 18.3. The first-order valence-corrected chi connectivity index (χ1v) is 10.9. The molecule has 1 amide bonds. The van der Waals surface area contributed by atoms with Crippen LogP contribution in [0, 0.1) is 0 Å². The fraction of sp³-hybridized carbons (Fsp3) is 0.435. The summed E-state index contributed by atoms with van der Waals surface area (Å²) in [5.41, 5.74) is 2.34. The van der Waals surface area contributed by atoms with E-state index in [-0.39, 0.29) is 18.2 Å². The highest BCUT2D eigenvalue weighted by Gasteiger charge is 2.36. The van der Waals surface area contributed by atoms with Crippen molar-refractivity contribution in [1.29, 1.82) is 0 Å². The van der Waals surface area contributed by atoms with Crippen molar-refractivity contribution in [3.63, 3.8) is 0 Å². The minimum absolute atomic E-state index is 0.0403. The molecule has 28 heavy (non-hydrogen) atoms. The largest absolute Gasteiger partial charge is 0.444 e. The van der Waals surface area contributed by atoms with E-state index in [4.69, 9.17) is 4.74 Å². The summed E-state index contributed by atoms with van der Waals surface area (Å²) in [5, 5.41) is 0. The fourth-order valence-corrected chi connectivity index (χ4v) is 4.28. The molecule has 2 aromatic rings. The number of hydrogen-bond acceptors (Lipinski definition) is 3. The molecule has 1 aliphatic heterocycles. The number of carbonyl (C=O) groups is 1. The summed E-state index contributed by atoms with van der Waals surface area (Å²) in [6, 6.07) is 18.5. The molecule has 1 fully saturated rings. The Labute approximate surface area is 176 Å². The van der Waals surface area contributed by atoms with Gasteiger partial charge < -0.3 is 9.64 Å². The Balaban J connectivity index is 1.74. The number of halogens is 1. The maximum absolute atomic E-state index is 12.7. The van der Waals surface area contributed by atoms with Crippen LogP contribution in [0.4, 0.5) is 4.79 Å². The van der Waals surface area contributed by atoms with Gasteiger partial charge >= 0.3 is 6.09 Å². The van der Waals surface area contributed by atoms with Crippen molar-refractivity contribution in [2.45, 2.75) is 38.8 Å². The van der Waals surface area contributed by atoms with Crippen molar-refractivity contribution in [2.75, 3.05) is 26.2 Å². The van der Waals surface area contributed by atoms with Crippen LogP contribution < -0.4 is 0 Å². The van der Waals surface area contributed by atoms with Crippen LogP contribution in [0.25, 0.3) is 0 Å². The predicted octanol–water partition coefficient (Wildman–Crippen LogP) is 5.29. The Kier molecular flexibility index (Phi) is 7.51. The van der Waals surface area contributed by atoms with Crippen molar-refractivity contribution in [1.82, 2.24) is 9.80 Å². The first kappa shape index (κ1) is 20.9. The molecule has 1 aliphatic rings. The van der Waals surface area contributed by atoms with Crippen LogP contribution in [0.2, 0.25) is 0 Å². The van der Waals surface area contributed by atoms with Gasteiger partial charge in [0.25, 0.3) is 0 Å². The SMILES string of the molecule is CCN(CC)CCC(c1ccccc1)N1CC(Cc2ccccc2Br)OC1=O. The second kappa shape index (κ2) is 10.1. The minimum atomic E-state index is -0.203. The molecule has 0 saturated carbocycles. The molecule has 1 saturated heterocycles. The Hall–Kier alpha value is -1.85. The first-order valence-electron chi connectivity index (χ1n) is 10.1. The Morgan fingerprint density at radius 1 is 1.11 bits per heavy atom. The quantitative estimate of drug-likeness (QED) is 0.526. The van der Waals surface area contributed by atoms with E-state index >= 15 is 0 Å². The summed E-state index contributed by atoms with van der Waals surface area (Å²) in [6.07, 6.45) is 1.31. The van der Waals surface area contributed by atoms with Crippen LogP contribution in [0.5, 0.6) is 0 Å². The third kappa shape index (κ3) is 5.15. The molecule has 150 valence electrons. The van der Waals surface area contributed by atoms with Gasteiger partial charge in [-0.25, -0.2) is 4.79 Å². The lowest BCUT2D eigenvalue weighted by atomic mass is 10.0. The average molecular weight is 445 g/mol. The van der Waals surface area contributed by atoms with Gasteiger partial charge in [-0.15, -0.1) is 0 Å². The Bertz CT molecular complexity index is 764. The molecule has 5 heteroatoms. The van der Waals surface area contributed by atoms with Crippen molar-refractivity contribution >= 4 is 22.0 Å². The summed E-state index contributed by atoms with van der Waals surface area (Å²) in [7, 11) is 0. The number of rotatable bonds is 9. The van der Waals surface area contributed by atoms with Crippen LogP contribution in [0.1, 0.15) is 37.4 Å². The van der Waals surface area contributed by atoms with Crippen molar-refractivity contribution < 1.29 is 9.53 Å². The number of hydrogen-bond donors (Lipinski definition) is 0. The van der Waals surface area contributed by atoms with Gasteiger partial charge in [-0.2, -0.15) is 0 Å². The van der Waals surface area contributed by atoms with Crippen molar-refractivity contribution in [2.24, 2.45) is 0 Å². The van der Waals surface area contributed by atoms with Gasteiger partial charge in [-0.3, -0.25) is 4.90 Å². The molecule has 0 aromatic heterocycles. The van der Waals surface area contributed by atoms with Crippen LogP contribution >= 0.6 is 15.9 Å². The highest BCUT2D eigenvalue weighted by atomic mass is 79.9. The van der Waals surface area contributed by atoms with E-state index < -0.39 is 0 Å². The number of cyclic esters (lactones) is 1. The predicted molar refractivity (Wildman–Crippen MR) is 116 cm³/mol. The number of nitrogens with zero attached hydrogens (tertiary/aromatic N) is 2. The summed E-state index contributed by atoms with van der Waals surface area (Å²) < 4.78 is 6.81. The molecule has 0 radical (unpaired) electrons. The summed E-state index contributed by atoms with van der Waals surface area (Å²) in [5.74, 6) is 0. The fourth-order valence-electron chi connectivity index (χ4n) is 3.83. The number of carbonyl (C=O) groups excluding carboxylic acids is 1. The van der Waals surface area contributed by atoms with Crippen LogP contribution in [0.15, 0.2) is 59.1 Å². The maximum Gasteiger partial charge on any atom is 0.410 e. The molecule has 0 aliphatic carbocycles. The van der Waals surface area contributed by atoms with Gasteiger partial charge in [-0.1, -0.05) is 78.3 Å². The molecule has 2 atom stereocenters. The van der Waals surface area contributed by atoms with E-state index in [1.807, 2.05) is 41.3 Å². The number of benzene rings is 2. The Morgan fingerprint density at radius 3 is 2.46 bits per heavy atom. The summed E-state index contributed by atoms with van der Waals surface area (Å²) in [6.45, 7) is 7.99. The van der Waals surface area contributed by atoms with E-state index in [0.29, 0.717) is 6.54 Å². The molecule has 2 unspecified atom stereocenters. The first-order chi connectivity index (χ1) is 13.6. The van der Waals surface area contributed by atoms with Crippen LogP contribution in [-0.4, -0.2) is 48.2 Å². The number of amides is 1. The highest BCUT2D eigenvalue weighted by molar-refractivity contribution is 9.10. The molecular weight excluding hydrogens is 416 g/mol. The molecule has 0 N–H and O–H groups in total.